The number of benzene rings is 1. The van der Waals surface area contributed by atoms with Crippen LogP contribution < -0.4 is 15.5 Å². The van der Waals surface area contributed by atoms with Crippen molar-refractivity contribution >= 4 is 34.6 Å². The smallest absolute Gasteiger partial charge is 0.270 e. The fourth-order valence-corrected chi connectivity index (χ4v) is 2.85. The SMILES string of the molecule is O=C(NC(=O)NS(=O)c1ccc(Cl)cc1)NN1CCCCC1. The van der Waals surface area contributed by atoms with Crippen LogP contribution in [0, 0.1) is 0 Å². The van der Waals surface area contributed by atoms with Gasteiger partial charge in [0.25, 0.3) is 0 Å². The van der Waals surface area contributed by atoms with Crippen molar-refractivity contribution in [3.63, 3.8) is 0 Å². The fourth-order valence-electron chi connectivity index (χ4n) is 2.01. The average Bonchev–Trinajstić information content (AvgIpc) is 2.48. The Bertz CT molecular complexity index is 561. The van der Waals surface area contributed by atoms with E-state index in [4.69, 9.17) is 11.6 Å². The monoisotopic (exact) mass is 344 g/mol. The first-order valence-electron chi connectivity index (χ1n) is 6.85. The second kappa shape index (κ2) is 8.11. The summed E-state index contributed by atoms with van der Waals surface area (Å²) >= 11 is 5.73. The zero-order chi connectivity index (χ0) is 15.9. The number of urea groups is 2. The Morgan fingerprint density at radius 1 is 1.05 bits per heavy atom. The number of hydrogen-bond acceptors (Lipinski definition) is 4. The number of rotatable bonds is 3. The molecule has 1 aromatic rings. The van der Waals surface area contributed by atoms with Gasteiger partial charge < -0.3 is 0 Å². The summed E-state index contributed by atoms with van der Waals surface area (Å²) in [6.07, 6.45) is 3.15. The molecule has 0 bridgehead atoms. The molecule has 9 heteroatoms. The first-order chi connectivity index (χ1) is 10.5. The molecule has 1 heterocycles. The van der Waals surface area contributed by atoms with Crippen LogP contribution in [-0.4, -0.2) is 34.4 Å². The van der Waals surface area contributed by atoms with Gasteiger partial charge in [-0.15, -0.1) is 0 Å². The Morgan fingerprint density at radius 2 is 1.68 bits per heavy atom. The molecule has 0 aliphatic carbocycles. The quantitative estimate of drug-likeness (QED) is 0.779. The average molecular weight is 345 g/mol. The number of nitrogens with zero attached hydrogens (tertiary/aromatic N) is 1. The molecule has 1 fully saturated rings. The first-order valence-corrected chi connectivity index (χ1v) is 8.38. The van der Waals surface area contributed by atoms with E-state index in [0.717, 1.165) is 32.4 Å². The number of amides is 4. The number of piperidine rings is 1. The third-order valence-electron chi connectivity index (χ3n) is 3.06. The van der Waals surface area contributed by atoms with Crippen LogP contribution in [0.5, 0.6) is 0 Å². The number of carbonyl (C=O) groups excluding carboxylic acids is 2. The summed E-state index contributed by atoms with van der Waals surface area (Å²) in [5.41, 5.74) is 2.58. The summed E-state index contributed by atoms with van der Waals surface area (Å²) in [6.45, 7) is 1.51. The zero-order valence-electron chi connectivity index (χ0n) is 11.8. The van der Waals surface area contributed by atoms with Crippen molar-refractivity contribution in [1.82, 2.24) is 20.5 Å². The normalized spacial score (nSPS) is 16.6. The molecule has 1 aromatic carbocycles. The number of imide groups is 1. The molecule has 0 radical (unpaired) electrons. The van der Waals surface area contributed by atoms with Gasteiger partial charge in [-0.05, 0) is 37.1 Å². The predicted octanol–water partition coefficient (Wildman–Crippen LogP) is 1.77. The van der Waals surface area contributed by atoms with Crippen molar-refractivity contribution in [2.75, 3.05) is 13.1 Å². The van der Waals surface area contributed by atoms with Gasteiger partial charge in [-0.25, -0.2) is 18.8 Å². The van der Waals surface area contributed by atoms with E-state index in [-0.39, 0.29) is 0 Å². The molecule has 2 rings (SSSR count). The Balaban J connectivity index is 1.77. The third kappa shape index (κ3) is 5.28. The van der Waals surface area contributed by atoms with Crippen LogP contribution in [0.25, 0.3) is 0 Å². The minimum Gasteiger partial charge on any atom is -0.270 e. The molecule has 0 spiro atoms. The van der Waals surface area contributed by atoms with E-state index in [1.165, 1.54) is 12.1 Å². The molecule has 120 valence electrons. The molecular weight excluding hydrogens is 328 g/mol. The molecule has 1 atom stereocenters. The molecule has 1 unspecified atom stereocenters. The largest absolute Gasteiger partial charge is 0.337 e. The number of hydrogen-bond donors (Lipinski definition) is 3. The lowest BCUT2D eigenvalue weighted by atomic mass is 10.2. The van der Waals surface area contributed by atoms with E-state index in [1.54, 1.807) is 17.1 Å². The summed E-state index contributed by atoms with van der Waals surface area (Å²) < 4.78 is 14.1. The van der Waals surface area contributed by atoms with Gasteiger partial charge in [-0.3, -0.25) is 15.5 Å². The van der Waals surface area contributed by atoms with Gasteiger partial charge in [-0.1, -0.05) is 18.0 Å². The van der Waals surface area contributed by atoms with Gasteiger partial charge >= 0.3 is 12.1 Å². The molecule has 1 saturated heterocycles. The van der Waals surface area contributed by atoms with Gasteiger partial charge in [0.2, 0.25) is 0 Å². The molecule has 1 aliphatic heterocycles. The number of nitrogens with one attached hydrogen (secondary N) is 3. The minimum absolute atomic E-state index is 0.385. The Labute approximate surface area is 135 Å². The lowest BCUT2D eigenvalue weighted by molar-refractivity contribution is 0.155. The zero-order valence-corrected chi connectivity index (χ0v) is 13.4. The molecule has 22 heavy (non-hydrogen) atoms. The second-order valence-corrected chi connectivity index (χ2v) is 6.42. The summed E-state index contributed by atoms with van der Waals surface area (Å²) in [4.78, 5) is 23.7. The summed E-state index contributed by atoms with van der Waals surface area (Å²) in [5.74, 6) is 0. The van der Waals surface area contributed by atoms with Gasteiger partial charge in [0, 0.05) is 18.1 Å². The maximum Gasteiger partial charge on any atom is 0.337 e. The van der Waals surface area contributed by atoms with E-state index < -0.39 is 23.0 Å². The molecule has 0 saturated carbocycles. The second-order valence-electron chi connectivity index (χ2n) is 4.77. The van der Waals surface area contributed by atoms with E-state index in [1.807, 2.05) is 0 Å². The molecule has 0 aromatic heterocycles. The summed E-state index contributed by atoms with van der Waals surface area (Å²) in [7, 11) is -1.76. The van der Waals surface area contributed by atoms with E-state index in [0.29, 0.717) is 9.92 Å². The van der Waals surface area contributed by atoms with Gasteiger partial charge in [-0.2, -0.15) is 0 Å². The number of hydrazine groups is 1. The van der Waals surface area contributed by atoms with Crippen molar-refractivity contribution in [1.29, 1.82) is 0 Å². The van der Waals surface area contributed by atoms with Crippen LogP contribution in [0.15, 0.2) is 29.2 Å². The third-order valence-corrected chi connectivity index (χ3v) is 4.38. The molecule has 7 nitrogen and oxygen atoms in total. The van der Waals surface area contributed by atoms with E-state index in [9.17, 15) is 13.8 Å². The summed E-state index contributed by atoms with van der Waals surface area (Å²) in [5, 5.41) is 4.34. The highest BCUT2D eigenvalue weighted by Gasteiger charge is 2.15. The molecule has 3 N–H and O–H groups in total. The topological polar surface area (TPSA) is 90.5 Å². The van der Waals surface area contributed by atoms with E-state index in [2.05, 4.69) is 15.5 Å². The fraction of sp³-hybridized carbons (Fsp3) is 0.385. The molecule has 1 aliphatic rings. The highest BCUT2D eigenvalue weighted by molar-refractivity contribution is 7.83. The highest BCUT2D eigenvalue weighted by atomic mass is 35.5. The van der Waals surface area contributed by atoms with Crippen molar-refractivity contribution in [3.05, 3.63) is 29.3 Å². The Kier molecular flexibility index (Phi) is 6.17. The van der Waals surface area contributed by atoms with Crippen LogP contribution in [0.3, 0.4) is 0 Å². The maximum atomic E-state index is 11.9. The standard InChI is InChI=1S/C13H17ClN4O3S/c14-10-4-6-11(7-5-10)22(21)17-13(20)15-12(19)16-18-8-2-1-3-9-18/h4-7H,1-3,8-9H2,(H3,15,16,17,19,20). The van der Waals surface area contributed by atoms with Gasteiger partial charge in [0.1, 0.15) is 0 Å². The molecular formula is C13H17ClN4O3S. The van der Waals surface area contributed by atoms with Crippen molar-refractivity contribution in [3.8, 4) is 0 Å². The van der Waals surface area contributed by atoms with Crippen molar-refractivity contribution in [2.45, 2.75) is 24.2 Å². The maximum absolute atomic E-state index is 11.9. The number of halogens is 1. The van der Waals surface area contributed by atoms with Crippen molar-refractivity contribution < 1.29 is 13.8 Å². The van der Waals surface area contributed by atoms with Gasteiger partial charge in [0.15, 0.2) is 11.0 Å². The highest BCUT2D eigenvalue weighted by Crippen LogP contribution is 2.11. The summed E-state index contributed by atoms with van der Waals surface area (Å²) in [6, 6.07) is 4.73. The van der Waals surface area contributed by atoms with Crippen LogP contribution in [0.4, 0.5) is 9.59 Å². The van der Waals surface area contributed by atoms with Crippen LogP contribution in [-0.2, 0) is 11.0 Å². The Hall–Kier alpha value is -1.64. The van der Waals surface area contributed by atoms with Crippen LogP contribution in [0.2, 0.25) is 5.02 Å². The molecule has 4 amide bonds. The van der Waals surface area contributed by atoms with Gasteiger partial charge in [0.05, 0.1) is 4.90 Å². The van der Waals surface area contributed by atoms with Crippen molar-refractivity contribution in [2.24, 2.45) is 0 Å². The lowest BCUT2D eigenvalue weighted by Crippen LogP contribution is -2.52. The Morgan fingerprint density at radius 3 is 2.32 bits per heavy atom. The minimum atomic E-state index is -1.76. The lowest BCUT2D eigenvalue weighted by Gasteiger charge is -2.26. The van der Waals surface area contributed by atoms with Crippen LogP contribution >= 0.6 is 11.6 Å². The van der Waals surface area contributed by atoms with Crippen LogP contribution in [0.1, 0.15) is 19.3 Å². The predicted molar refractivity (Wildman–Crippen MR) is 83.5 cm³/mol. The van der Waals surface area contributed by atoms with E-state index >= 15 is 0 Å². The number of carbonyl (C=O) groups is 2. The first kappa shape index (κ1) is 16.7.